The molecule has 1 aliphatic rings. The molecule has 0 spiro atoms. The third-order valence-electron chi connectivity index (χ3n) is 2.65. The van der Waals surface area contributed by atoms with Gasteiger partial charge in [0.1, 0.15) is 5.82 Å². The molecule has 0 radical (unpaired) electrons. The lowest BCUT2D eigenvalue weighted by atomic mass is 10.2. The van der Waals surface area contributed by atoms with Crippen LogP contribution in [0.3, 0.4) is 0 Å². The summed E-state index contributed by atoms with van der Waals surface area (Å²) in [4.78, 5) is 17.5. The Morgan fingerprint density at radius 2 is 2.50 bits per heavy atom. The van der Waals surface area contributed by atoms with Crippen LogP contribution >= 0.6 is 0 Å². The van der Waals surface area contributed by atoms with Gasteiger partial charge in [-0.3, -0.25) is 0 Å². The number of aliphatic hydroxyl groups is 1. The SMILES string of the molecule is COC(=O)c1ccnc(N2CC[C@@H](O)C2)c1. The molecule has 1 aromatic heterocycles. The Morgan fingerprint density at radius 3 is 3.12 bits per heavy atom. The first kappa shape index (κ1) is 10.9. The van der Waals surface area contributed by atoms with Crippen molar-refractivity contribution in [3.05, 3.63) is 23.9 Å². The van der Waals surface area contributed by atoms with Crippen LogP contribution in [0.25, 0.3) is 0 Å². The number of hydrogen-bond donors (Lipinski definition) is 1. The van der Waals surface area contributed by atoms with E-state index in [9.17, 15) is 9.90 Å². The topological polar surface area (TPSA) is 62.7 Å². The maximum atomic E-state index is 11.3. The first-order chi connectivity index (χ1) is 7.70. The van der Waals surface area contributed by atoms with Crippen LogP contribution in [0, 0.1) is 0 Å². The summed E-state index contributed by atoms with van der Waals surface area (Å²) in [6.07, 6.45) is 2.01. The maximum absolute atomic E-state index is 11.3. The Kier molecular flexibility index (Phi) is 3.05. The minimum absolute atomic E-state index is 0.302. The summed E-state index contributed by atoms with van der Waals surface area (Å²) in [7, 11) is 1.35. The number of esters is 1. The number of carbonyl (C=O) groups is 1. The highest BCUT2D eigenvalue weighted by Gasteiger charge is 2.21. The quantitative estimate of drug-likeness (QED) is 0.736. The molecule has 0 aromatic carbocycles. The lowest BCUT2D eigenvalue weighted by Gasteiger charge is -2.16. The van der Waals surface area contributed by atoms with E-state index in [4.69, 9.17) is 0 Å². The van der Waals surface area contributed by atoms with Gasteiger partial charge >= 0.3 is 5.97 Å². The number of aliphatic hydroxyl groups excluding tert-OH is 1. The highest BCUT2D eigenvalue weighted by atomic mass is 16.5. The summed E-state index contributed by atoms with van der Waals surface area (Å²) in [5, 5.41) is 9.42. The number of rotatable bonds is 2. The van der Waals surface area contributed by atoms with E-state index < -0.39 is 0 Å². The molecule has 0 amide bonds. The highest BCUT2D eigenvalue weighted by molar-refractivity contribution is 5.90. The molecule has 0 unspecified atom stereocenters. The molecule has 1 saturated heterocycles. The average Bonchev–Trinajstić information content (AvgIpc) is 2.75. The standard InChI is InChI=1S/C11H14N2O3/c1-16-11(15)8-2-4-12-10(6-8)13-5-3-9(14)7-13/h2,4,6,9,14H,3,5,7H2,1H3/t9-/m1/s1. The van der Waals surface area contributed by atoms with Crippen LogP contribution in [0.1, 0.15) is 16.8 Å². The van der Waals surface area contributed by atoms with Gasteiger partial charge in [-0.1, -0.05) is 0 Å². The highest BCUT2D eigenvalue weighted by Crippen LogP contribution is 2.19. The number of hydrogen-bond acceptors (Lipinski definition) is 5. The number of aromatic nitrogens is 1. The Labute approximate surface area is 93.7 Å². The molecule has 0 aliphatic carbocycles. The first-order valence-electron chi connectivity index (χ1n) is 5.18. The number of β-amino-alcohol motifs (C(OH)–C–C–N with tert-alkyl or cyclic N) is 1. The molecule has 5 nitrogen and oxygen atoms in total. The Balaban J connectivity index is 2.19. The molecule has 1 aliphatic heterocycles. The van der Waals surface area contributed by atoms with E-state index in [1.807, 2.05) is 4.90 Å². The van der Waals surface area contributed by atoms with Gasteiger partial charge in [-0.2, -0.15) is 0 Å². The number of nitrogens with zero attached hydrogens (tertiary/aromatic N) is 2. The molecule has 1 aromatic rings. The number of ether oxygens (including phenoxy) is 1. The number of anilines is 1. The lowest BCUT2D eigenvalue weighted by Crippen LogP contribution is -2.22. The molecule has 2 heterocycles. The molecule has 1 atom stereocenters. The monoisotopic (exact) mass is 222 g/mol. The van der Waals surface area contributed by atoms with Crippen molar-refractivity contribution in [2.45, 2.75) is 12.5 Å². The lowest BCUT2D eigenvalue weighted by molar-refractivity contribution is 0.0600. The fraction of sp³-hybridized carbons (Fsp3) is 0.455. The molecule has 0 bridgehead atoms. The summed E-state index contributed by atoms with van der Waals surface area (Å²) in [5.74, 6) is 0.336. The van der Waals surface area contributed by atoms with Crippen molar-refractivity contribution in [3.63, 3.8) is 0 Å². The van der Waals surface area contributed by atoms with Crippen LogP contribution in [0.4, 0.5) is 5.82 Å². The zero-order valence-corrected chi connectivity index (χ0v) is 9.09. The zero-order chi connectivity index (χ0) is 11.5. The molecule has 0 saturated carbocycles. The molecule has 16 heavy (non-hydrogen) atoms. The summed E-state index contributed by atoms with van der Waals surface area (Å²) < 4.78 is 4.64. The van der Waals surface area contributed by atoms with Crippen molar-refractivity contribution in [2.24, 2.45) is 0 Å². The molecule has 1 N–H and O–H groups in total. The van der Waals surface area contributed by atoms with Gasteiger partial charge in [0.25, 0.3) is 0 Å². The maximum Gasteiger partial charge on any atom is 0.338 e. The van der Waals surface area contributed by atoms with Crippen molar-refractivity contribution >= 4 is 11.8 Å². The van der Waals surface area contributed by atoms with Crippen molar-refractivity contribution in [1.82, 2.24) is 4.98 Å². The Bertz CT molecular complexity index is 395. The van der Waals surface area contributed by atoms with Crippen molar-refractivity contribution in [3.8, 4) is 0 Å². The van der Waals surface area contributed by atoms with Gasteiger partial charge in [0, 0.05) is 19.3 Å². The summed E-state index contributed by atoms with van der Waals surface area (Å²) in [6.45, 7) is 1.33. The van der Waals surface area contributed by atoms with E-state index in [1.165, 1.54) is 7.11 Å². The van der Waals surface area contributed by atoms with Crippen LogP contribution in [0.5, 0.6) is 0 Å². The molecular formula is C11H14N2O3. The minimum atomic E-state index is -0.372. The average molecular weight is 222 g/mol. The molecule has 2 rings (SSSR count). The smallest absolute Gasteiger partial charge is 0.338 e. The van der Waals surface area contributed by atoms with Crippen LogP contribution in [-0.2, 0) is 4.74 Å². The second-order valence-corrected chi connectivity index (χ2v) is 3.78. The summed E-state index contributed by atoms with van der Waals surface area (Å²) >= 11 is 0. The summed E-state index contributed by atoms with van der Waals surface area (Å²) in [5.41, 5.74) is 0.480. The fourth-order valence-electron chi connectivity index (χ4n) is 1.79. The van der Waals surface area contributed by atoms with E-state index in [0.717, 1.165) is 13.0 Å². The van der Waals surface area contributed by atoms with Crippen molar-refractivity contribution < 1.29 is 14.6 Å². The number of pyridine rings is 1. The second kappa shape index (κ2) is 4.49. The van der Waals surface area contributed by atoms with E-state index in [-0.39, 0.29) is 12.1 Å². The number of carbonyl (C=O) groups excluding carboxylic acids is 1. The molecule has 5 heteroatoms. The minimum Gasteiger partial charge on any atom is -0.465 e. The zero-order valence-electron chi connectivity index (χ0n) is 9.09. The van der Waals surface area contributed by atoms with Crippen LogP contribution in [-0.4, -0.2) is 42.4 Å². The summed E-state index contributed by atoms with van der Waals surface area (Å²) in [6, 6.07) is 3.30. The molecule has 1 fully saturated rings. The molecular weight excluding hydrogens is 208 g/mol. The van der Waals surface area contributed by atoms with Crippen LogP contribution < -0.4 is 4.90 Å². The van der Waals surface area contributed by atoms with Gasteiger partial charge in [0.2, 0.25) is 0 Å². The van der Waals surface area contributed by atoms with Gasteiger partial charge in [0.15, 0.2) is 0 Å². The van der Waals surface area contributed by atoms with Gasteiger partial charge in [-0.15, -0.1) is 0 Å². The van der Waals surface area contributed by atoms with Crippen LogP contribution in [0.15, 0.2) is 18.3 Å². The molecule has 86 valence electrons. The van der Waals surface area contributed by atoms with Gasteiger partial charge < -0.3 is 14.7 Å². The van der Waals surface area contributed by atoms with Gasteiger partial charge in [0.05, 0.1) is 18.8 Å². The van der Waals surface area contributed by atoms with Crippen molar-refractivity contribution in [2.75, 3.05) is 25.1 Å². The van der Waals surface area contributed by atoms with Gasteiger partial charge in [-0.25, -0.2) is 9.78 Å². The van der Waals surface area contributed by atoms with Crippen LogP contribution in [0.2, 0.25) is 0 Å². The third-order valence-corrected chi connectivity index (χ3v) is 2.65. The second-order valence-electron chi connectivity index (χ2n) is 3.78. The third kappa shape index (κ3) is 2.14. The predicted octanol–water partition coefficient (Wildman–Crippen LogP) is 0.439. The Hall–Kier alpha value is -1.62. The normalized spacial score (nSPS) is 19.9. The van der Waals surface area contributed by atoms with Crippen molar-refractivity contribution in [1.29, 1.82) is 0 Å². The fourth-order valence-corrected chi connectivity index (χ4v) is 1.79. The van der Waals surface area contributed by atoms with E-state index in [0.29, 0.717) is 17.9 Å². The first-order valence-corrected chi connectivity index (χ1v) is 5.18. The van der Waals surface area contributed by atoms with E-state index in [2.05, 4.69) is 9.72 Å². The largest absolute Gasteiger partial charge is 0.465 e. The van der Waals surface area contributed by atoms with Gasteiger partial charge in [-0.05, 0) is 18.6 Å². The van der Waals surface area contributed by atoms with E-state index >= 15 is 0 Å². The Morgan fingerprint density at radius 1 is 1.69 bits per heavy atom. The number of methoxy groups -OCH3 is 1. The predicted molar refractivity (Wildman–Crippen MR) is 58.4 cm³/mol. The van der Waals surface area contributed by atoms with E-state index in [1.54, 1.807) is 18.3 Å².